The lowest BCUT2D eigenvalue weighted by molar-refractivity contribution is -0.285. The highest BCUT2D eigenvalue weighted by atomic mass is 19.4. The first-order valence-electron chi connectivity index (χ1n) is 13.3. The lowest BCUT2D eigenvalue weighted by atomic mass is 10.0. The first-order chi connectivity index (χ1) is 18.4. The number of hydroxylamine groups is 1. The molecule has 0 saturated carbocycles. The van der Waals surface area contributed by atoms with Gasteiger partial charge in [-0.15, -0.1) is 5.17 Å². The molecule has 0 aromatic heterocycles. The van der Waals surface area contributed by atoms with Crippen LogP contribution in [0.5, 0.6) is 0 Å². The van der Waals surface area contributed by atoms with E-state index in [1.54, 1.807) is 49.1 Å². The molecule has 0 spiro atoms. The molecule has 2 saturated heterocycles. The Labute approximate surface area is 226 Å². The predicted molar refractivity (Wildman–Crippen MR) is 137 cm³/mol. The number of piperidine rings is 1. The number of hydrogen-bond acceptors (Lipinski definition) is 7. The number of amides is 3. The number of alkyl halides is 3. The molecule has 10 nitrogen and oxygen atoms in total. The number of ketones is 1. The van der Waals surface area contributed by atoms with E-state index in [-0.39, 0.29) is 31.3 Å². The van der Waals surface area contributed by atoms with Crippen LogP contribution in [0.1, 0.15) is 45.1 Å². The first-order valence-corrected chi connectivity index (χ1v) is 13.3. The second-order valence-corrected chi connectivity index (χ2v) is 10.4. The fourth-order valence-electron chi connectivity index (χ4n) is 5.03. The molecular weight excluding hydrogens is 517 g/mol. The van der Waals surface area contributed by atoms with Gasteiger partial charge in [0.1, 0.15) is 18.2 Å². The first kappa shape index (κ1) is 30.8. The van der Waals surface area contributed by atoms with Crippen molar-refractivity contribution in [1.82, 2.24) is 31.0 Å². The Morgan fingerprint density at radius 1 is 1.05 bits per heavy atom. The smallest absolute Gasteiger partial charge is 0.344 e. The highest BCUT2D eigenvalue weighted by molar-refractivity contribution is 5.94. The van der Waals surface area contributed by atoms with Gasteiger partial charge in [-0.25, -0.2) is 9.80 Å². The zero-order chi connectivity index (χ0) is 28.7. The third-order valence-corrected chi connectivity index (χ3v) is 7.33. The fraction of sp³-hybridized carbons (Fsp3) is 0.654. The fourth-order valence-corrected chi connectivity index (χ4v) is 5.03. The van der Waals surface area contributed by atoms with E-state index in [1.807, 2.05) is 7.05 Å². The standard InChI is InChI=1S/C26H39F3N6O4/c1-17(2)23(32-25(38)33-14-11-19(30-3)12-15-33)35(39)34-13-7-10-21(34)24(37)31-20(22(36)26(27,28)29)16-18-8-5-4-6-9-18/h4-6,8-9,17,19-21,23,30,39H,7,10-16H2,1-3H3,(H,31,37)(H,32,38)/t20?,21-,23+/m0/s1. The van der Waals surface area contributed by atoms with Crippen molar-refractivity contribution >= 4 is 17.7 Å². The summed E-state index contributed by atoms with van der Waals surface area (Å²) in [5.74, 6) is -3.11. The van der Waals surface area contributed by atoms with Crippen molar-refractivity contribution in [3.8, 4) is 0 Å². The van der Waals surface area contributed by atoms with E-state index in [4.69, 9.17) is 0 Å². The number of carbonyl (C=O) groups is 3. The van der Waals surface area contributed by atoms with Crippen molar-refractivity contribution in [2.75, 3.05) is 26.7 Å². The summed E-state index contributed by atoms with van der Waals surface area (Å²) in [5.41, 5.74) is 0.466. The summed E-state index contributed by atoms with van der Waals surface area (Å²) in [4.78, 5) is 40.0. The SMILES string of the molecule is CNC1CCN(C(=O)N[C@@H](C(C)C)N(O)N2CCC[C@H]2C(=O)NC(Cc2ccccc2)C(=O)C(F)(F)F)CC1. The van der Waals surface area contributed by atoms with Gasteiger partial charge in [-0.3, -0.25) is 14.8 Å². The van der Waals surface area contributed by atoms with Crippen molar-refractivity contribution in [1.29, 1.82) is 0 Å². The van der Waals surface area contributed by atoms with Crippen LogP contribution in [0.15, 0.2) is 30.3 Å². The van der Waals surface area contributed by atoms with Gasteiger partial charge < -0.3 is 20.9 Å². The van der Waals surface area contributed by atoms with Crippen LogP contribution in [-0.4, -0.2) is 95.2 Å². The Kier molecular flexibility index (Phi) is 10.7. The van der Waals surface area contributed by atoms with Gasteiger partial charge in [0.15, 0.2) is 0 Å². The summed E-state index contributed by atoms with van der Waals surface area (Å²) in [5, 5.41) is 21.6. The molecule has 0 radical (unpaired) electrons. The van der Waals surface area contributed by atoms with Gasteiger partial charge in [0.25, 0.3) is 5.78 Å². The van der Waals surface area contributed by atoms with Crippen molar-refractivity contribution in [3.63, 3.8) is 0 Å². The zero-order valence-corrected chi connectivity index (χ0v) is 22.6. The topological polar surface area (TPSA) is 117 Å². The number of carbonyl (C=O) groups excluding carboxylic acids is 3. The Hall–Kier alpha value is -2.74. The summed E-state index contributed by atoms with van der Waals surface area (Å²) >= 11 is 0. The number of halogens is 3. The summed E-state index contributed by atoms with van der Waals surface area (Å²) < 4.78 is 40.0. The molecule has 3 amide bonds. The molecule has 218 valence electrons. The van der Waals surface area contributed by atoms with Gasteiger partial charge in [0, 0.05) is 32.1 Å². The number of Topliss-reactive ketones (excluding diaryl/α,β-unsaturated/α-hetero) is 1. The molecule has 3 atom stereocenters. The molecule has 3 rings (SSSR count). The maximum absolute atomic E-state index is 13.3. The summed E-state index contributed by atoms with van der Waals surface area (Å²) in [6.45, 7) is 4.95. The van der Waals surface area contributed by atoms with Crippen molar-refractivity contribution in [2.24, 2.45) is 5.92 Å². The van der Waals surface area contributed by atoms with Gasteiger partial charge in [-0.1, -0.05) is 44.2 Å². The molecule has 2 aliphatic rings. The minimum absolute atomic E-state index is 0.248. The number of benzene rings is 1. The van der Waals surface area contributed by atoms with Crippen LogP contribution < -0.4 is 16.0 Å². The van der Waals surface area contributed by atoms with Crippen molar-refractivity contribution in [2.45, 2.75) is 76.4 Å². The average Bonchev–Trinajstić information content (AvgIpc) is 3.40. The molecular formula is C26H39F3N6O4. The molecule has 0 bridgehead atoms. The third kappa shape index (κ3) is 8.13. The maximum Gasteiger partial charge on any atom is 0.452 e. The van der Waals surface area contributed by atoms with E-state index in [9.17, 15) is 32.8 Å². The minimum atomic E-state index is -5.13. The Morgan fingerprint density at radius 3 is 2.26 bits per heavy atom. The van der Waals surface area contributed by atoms with Crippen LogP contribution >= 0.6 is 0 Å². The summed E-state index contributed by atoms with van der Waals surface area (Å²) in [6, 6.07) is 5.30. The predicted octanol–water partition coefficient (Wildman–Crippen LogP) is 2.29. The maximum atomic E-state index is 13.3. The van der Waals surface area contributed by atoms with Crippen LogP contribution in [0.3, 0.4) is 0 Å². The molecule has 1 unspecified atom stereocenters. The van der Waals surface area contributed by atoms with Crippen LogP contribution in [0, 0.1) is 5.92 Å². The van der Waals surface area contributed by atoms with Crippen LogP contribution in [0.2, 0.25) is 0 Å². The number of likely N-dealkylation sites (tertiary alicyclic amines) is 1. The highest BCUT2D eigenvalue weighted by Crippen LogP contribution is 2.24. The van der Waals surface area contributed by atoms with Gasteiger partial charge in [-0.05, 0) is 44.2 Å². The molecule has 2 heterocycles. The van der Waals surface area contributed by atoms with E-state index in [0.29, 0.717) is 31.1 Å². The van der Waals surface area contributed by atoms with Crippen LogP contribution in [0.4, 0.5) is 18.0 Å². The quantitative estimate of drug-likeness (QED) is 0.258. The van der Waals surface area contributed by atoms with Gasteiger partial charge in [0.2, 0.25) is 5.91 Å². The third-order valence-electron chi connectivity index (χ3n) is 7.33. The molecule has 1 aromatic carbocycles. The van der Waals surface area contributed by atoms with Gasteiger partial charge in [-0.2, -0.15) is 13.2 Å². The molecule has 13 heteroatoms. The molecule has 39 heavy (non-hydrogen) atoms. The number of hydrogen-bond donors (Lipinski definition) is 4. The molecule has 0 aliphatic carbocycles. The summed E-state index contributed by atoms with van der Waals surface area (Å²) in [6.07, 6.45) is -3.98. The largest absolute Gasteiger partial charge is 0.452 e. The van der Waals surface area contributed by atoms with Gasteiger partial charge in [0.05, 0.1) is 0 Å². The Morgan fingerprint density at radius 2 is 1.69 bits per heavy atom. The average molecular weight is 557 g/mol. The molecule has 2 fully saturated rings. The molecule has 2 aliphatic heterocycles. The molecule has 1 aromatic rings. The lowest BCUT2D eigenvalue weighted by Gasteiger charge is -2.40. The van der Waals surface area contributed by atoms with Crippen LogP contribution in [0.25, 0.3) is 0 Å². The number of urea groups is 1. The zero-order valence-electron chi connectivity index (χ0n) is 22.6. The second kappa shape index (κ2) is 13.6. The minimum Gasteiger partial charge on any atom is -0.344 e. The van der Waals surface area contributed by atoms with E-state index in [0.717, 1.165) is 18.0 Å². The number of nitrogens with zero attached hydrogens (tertiary/aromatic N) is 3. The van der Waals surface area contributed by atoms with Crippen LogP contribution in [-0.2, 0) is 16.0 Å². The second-order valence-electron chi connectivity index (χ2n) is 10.4. The monoisotopic (exact) mass is 556 g/mol. The van der Waals surface area contributed by atoms with E-state index >= 15 is 0 Å². The normalized spacial score (nSPS) is 20.7. The van der Waals surface area contributed by atoms with E-state index in [2.05, 4.69) is 16.0 Å². The Balaban J connectivity index is 1.70. The number of hydrazine groups is 1. The van der Waals surface area contributed by atoms with E-state index in [1.165, 1.54) is 5.01 Å². The van der Waals surface area contributed by atoms with Crippen molar-refractivity contribution in [3.05, 3.63) is 35.9 Å². The number of nitrogens with one attached hydrogen (secondary N) is 3. The number of rotatable bonds is 10. The summed E-state index contributed by atoms with van der Waals surface area (Å²) in [7, 11) is 1.88. The van der Waals surface area contributed by atoms with E-state index < -0.39 is 36.1 Å². The highest BCUT2D eigenvalue weighted by Gasteiger charge is 2.46. The molecule has 4 N–H and O–H groups in total. The Bertz CT molecular complexity index is 972. The lowest BCUT2D eigenvalue weighted by Crippen LogP contribution is -2.62. The van der Waals surface area contributed by atoms with Crippen molar-refractivity contribution < 1.29 is 32.8 Å². The van der Waals surface area contributed by atoms with Gasteiger partial charge >= 0.3 is 12.2 Å².